The van der Waals surface area contributed by atoms with Crippen LogP contribution in [-0.2, 0) is 19.9 Å². The Kier molecular flexibility index (Phi) is 3.73. The summed E-state index contributed by atoms with van der Waals surface area (Å²) in [4.78, 5) is 12.1. The minimum Gasteiger partial charge on any atom is -0.496 e. The Morgan fingerprint density at radius 2 is 2.10 bits per heavy atom. The molecule has 110 valence electrons. The van der Waals surface area contributed by atoms with Gasteiger partial charge in [0.05, 0.1) is 19.3 Å². The highest BCUT2D eigenvalue weighted by molar-refractivity contribution is 5.85. The van der Waals surface area contributed by atoms with Crippen molar-refractivity contribution in [3.8, 4) is 5.75 Å². The van der Waals surface area contributed by atoms with Gasteiger partial charge in [-0.2, -0.15) is 0 Å². The van der Waals surface area contributed by atoms with Gasteiger partial charge >= 0.3 is 5.97 Å². The largest absolute Gasteiger partial charge is 0.496 e. The fourth-order valence-electron chi connectivity index (χ4n) is 2.75. The van der Waals surface area contributed by atoms with Gasteiger partial charge in [0.25, 0.3) is 0 Å². The second kappa shape index (κ2) is 5.05. The average molecular weight is 282 g/mol. The Labute approximate surface area is 117 Å². The van der Waals surface area contributed by atoms with Gasteiger partial charge < -0.3 is 14.2 Å². The van der Waals surface area contributed by atoms with Crippen LogP contribution in [0.1, 0.15) is 32.8 Å². The monoisotopic (exact) mass is 282 g/mol. The molecule has 0 N–H and O–H groups in total. The molecule has 0 radical (unpaired) electrons. The molecular formula is C15H19FO4. The quantitative estimate of drug-likeness (QED) is 0.615. The second-order valence-corrected chi connectivity index (χ2v) is 4.85. The third-order valence-electron chi connectivity index (χ3n) is 3.88. The molecule has 4 nitrogen and oxygen atoms in total. The predicted molar refractivity (Wildman–Crippen MR) is 71.0 cm³/mol. The number of benzene rings is 1. The first-order valence-electron chi connectivity index (χ1n) is 6.67. The zero-order chi connectivity index (χ0) is 15.0. The first-order valence-corrected chi connectivity index (χ1v) is 6.67. The molecule has 20 heavy (non-hydrogen) atoms. The second-order valence-electron chi connectivity index (χ2n) is 4.85. The molecule has 0 aromatic heterocycles. The molecule has 1 saturated heterocycles. The highest BCUT2D eigenvalue weighted by Gasteiger charge is 2.74. The van der Waals surface area contributed by atoms with Crippen LogP contribution in [-0.4, -0.2) is 25.3 Å². The molecule has 1 aliphatic heterocycles. The van der Waals surface area contributed by atoms with Crippen molar-refractivity contribution in [2.75, 3.05) is 13.7 Å². The van der Waals surface area contributed by atoms with E-state index in [2.05, 4.69) is 0 Å². The van der Waals surface area contributed by atoms with E-state index in [0.29, 0.717) is 12.2 Å². The molecule has 1 aromatic rings. The van der Waals surface area contributed by atoms with Gasteiger partial charge in [-0.05, 0) is 32.4 Å². The van der Waals surface area contributed by atoms with E-state index < -0.39 is 23.0 Å². The zero-order valence-electron chi connectivity index (χ0n) is 12.2. The topological polar surface area (TPSA) is 48.1 Å². The maximum absolute atomic E-state index is 14.2. The van der Waals surface area contributed by atoms with Crippen molar-refractivity contribution in [3.05, 3.63) is 29.6 Å². The first-order chi connectivity index (χ1) is 9.46. The number of epoxide rings is 1. The van der Waals surface area contributed by atoms with E-state index in [1.54, 1.807) is 26.0 Å². The molecule has 5 heteroatoms. The van der Waals surface area contributed by atoms with E-state index in [1.165, 1.54) is 13.2 Å². The molecular weight excluding hydrogens is 263 g/mol. The van der Waals surface area contributed by atoms with E-state index in [1.807, 2.05) is 6.92 Å². The Bertz CT molecular complexity index is 531. The predicted octanol–water partition coefficient (Wildman–Crippen LogP) is 2.79. The standard InChI is InChI=1S/C15H19FO4/c1-5-15(13(17)19-6-2)14(3,20-15)12-10(16)8-7-9-11(12)18-4/h7-9H,5-6H2,1-4H3. The van der Waals surface area contributed by atoms with Gasteiger partial charge in [-0.25, -0.2) is 9.18 Å². The Hall–Kier alpha value is -1.62. The summed E-state index contributed by atoms with van der Waals surface area (Å²) in [5.74, 6) is -0.547. The van der Waals surface area contributed by atoms with E-state index in [4.69, 9.17) is 14.2 Å². The summed E-state index contributed by atoms with van der Waals surface area (Å²) in [6.45, 7) is 5.49. The maximum atomic E-state index is 14.2. The van der Waals surface area contributed by atoms with Crippen LogP contribution in [0.3, 0.4) is 0 Å². The normalized spacial score (nSPS) is 28.1. The lowest BCUT2D eigenvalue weighted by Crippen LogP contribution is -2.33. The molecule has 0 bridgehead atoms. The van der Waals surface area contributed by atoms with Gasteiger partial charge in [0.15, 0.2) is 5.60 Å². The number of halogens is 1. The van der Waals surface area contributed by atoms with Crippen LogP contribution in [0.5, 0.6) is 5.75 Å². The van der Waals surface area contributed by atoms with Crippen LogP contribution in [0.2, 0.25) is 0 Å². The highest BCUT2D eigenvalue weighted by Crippen LogP contribution is 2.60. The van der Waals surface area contributed by atoms with Crippen LogP contribution < -0.4 is 4.74 Å². The summed E-state index contributed by atoms with van der Waals surface area (Å²) in [6.07, 6.45) is 0.403. The van der Waals surface area contributed by atoms with Crippen LogP contribution in [0.15, 0.2) is 18.2 Å². The molecule has 0 saturated carbocycles. The van der Waals surface area contributed by atoms with E-state index in [9.17, 15) is 9.18 Å². The molecule has 1 aromatic carbocycles. The van der Waals surface area contributed by atoms with Gasteiger partial charge in [0.2, 0.25) is 0 Å². The van der Waals surface area contributed by atoms with E-state index in [0.717, 1.165) is 0 Å². The third-order valence-corrected chi connectivity index (χ3v) is 3.88. The Morgan fingerprint density at radius 1 is 1.40 bits per heavy atom. The van der Waals surface area contributed by atoms with E-state index >= 15 is 0 Å². The minimum absolute atomic E-state index is 0.258. The summed E-state index contributed by atoms with van der Waals surface area (Å²) in [5, 5.41) is 0. The summed E-state index contributed by atoms with van der Waals surface area (Å²) in [6, 6.07) is 4.54. The lowest BCUT2D eigenvalue weighted by atomic mass is 9.85. The molecule has 1 fully saturated rings. The molecule has 0 aliphatic carbocycles. The van der Waals surface area contributed by atoms with Gasteiger partial charge in [0.1, 0.15) is 17.2 Å². The van der Waals surface area contributed by atoms with Gasteiger partial charge in [0, 0.05) is 0 Å². The SMILES string of the molecule is CCOC(=O)C1(CC)OC1(C)c1c(F)cccc1OC. The van der Waals surface area contributed by atoms with Crippen LogP contribution in [0.4, 0.5) is 4.39 Å². The van der Waals surface area contributed by atoms with Crippen molar-refractivity contribution in [2.24, 2.45) is 0 Å². The highest BCUT2D eigenvalue weighted by atomic mass is 19.1. The molecule has 1 heterocycles. The Morgan fingerprint density at radius 3 is 2.65 bits per heavy atom. The molecule has 1 aliphatic rings. The summed E-state index contributed by atoms with van der Waals surface area (Å²) in [5.41, 5.74) is -1.94. The Balaban J connectivity index is 2.46. The summed E-state index contributed by atoms with van der Waals surface area (Å²) >= 11 is 0. The summed E-state index contributed by atoms with van der Waals surface area (Å²) in [7, 11) is 1.46. The number of methoxy groups -OCH3 is 1. The van der Waals surface area contributed by atoms with E-state index in [-0.39, 0.29) is 12.2 Å². The lowest BCUT2D eigenvalue weighted by molar-refractivity contribution is -0.149. The maximum Gasteiger partial charge on any atom is 0.341 e. The zero-order valence-corrected chi connectivity index (χ0v) is 12.2. The summed E-state index contributed by atoms with van der Waals surface area (Å²) < 4.78 is 30.1. The van der Waals surface area contributed by atoms with Crippen molar-refractivity contribution in [2.45, 2.75) is 38.4 Å². The van der Waals surface area contributed by atoms with Crippen molar-refractivity contribution in [1.82, 2.24) is 0 Å². The molecule has 2 rings (SSSR count). The van der Waals surface area contributed by atoms with Gasteiger partial charge in [-0.1, -0.05) is 13.0 Å². The smallest absolute Gasteiger partial charge is 0.341 e. The average Bonchev–Trinajstić information content (AvgIpc) is 3.06. The number of hydrogen-bond donors (Lipinski definition) is 0. The molecule has 2 unspecified atom stereocenters. The van der Waals surface area contributed by atoms with Crippen molar-refractivity contribution in [3.63, 3.8) is 0 Å². The number of rotatable bonds is 5. The lowest BCUT2D eigenvalue weighted by Gasteiger charge is -2.17. The molecule has 0 spiro atoms. The minimum atomic E-state index is -1.14. The third kappa shape index (κ3) is 1.88. The first kappa shape index (κ1) is 14.8. The van der Waals surface area contributed by atoms with Gasteiger partial charge in [-0.3, -0.25) is 0 Å². The number of carbonyl (C=O) groups excluding carboxylic acids is 1. The molecule has 2 atom stereocenters. The fourth-order valence-corrected chi connectivity index (χ4v) is 2.75. The van der Waals surface area contributed by atoms with Crippen LogP contribution >= 0.6 is 0 Å². The fraction of sp³-hybridized carbons (Fsp3) is 0.533. The number of hydrogen-bond acceptors (Lipinski definition) is 4. The van der Waals surface area contributed by atoms with Crippen molar-refractivity contribution in [1.29, 1.82) is 0 Å². The van der Waals surface area contributed by atoms with Crippen molar-refractivity contribution >= 4 is 5.97 Å². The number of carbonyl (C=O) groups is 1. The molecule has 0 amide bonds. The van der Waals surface area contributed by atoms with Gasteiger partial charge in [-0.15, -0.1) is 0 Å². The van der Waals surface area contributed by atoms with Crippen molar-refractivity contribution < 1.29 is 23.4 Å². The number of ether oxygens (including phenoxy) is 3. The van der Waals surface area contributed by atoms with Crippen LogP contribution in [0.25, 0.3) is 0 Å². The number of esters is 1. The van der Waals surface area contributed by atoms with Crippen LogP contribution in [0, 0.1) is 5.82 Å².